The van der Waals surface area contributed by atoms with Crippen molar-refractivity contribution in [3.63, 3.8) is 0 Å². The number of carbonyl (C=O) groups is 1. The Morgan fingerprint density at radius 2 is 2.10 bits per heavy atom. The minimum Gasteiger partial charge on any atom is -0.328 e. The highest BCUT2D eigenvalue weighted by Crippen LogP contribution is 2.22. The van der Waals surface area contributed by atoms with Gasteiger partial charge in [0.2, 0.25) is 5.56 Å². The van der Waals surface area contributed by atoms with Crippen LogP contribution in [0.3, 0.4) is 0 Å². The van der Waals surface area contributed by atoms with Gasteiger partial charge in [0.25, 0.3) is 5.91 Å². The lowest BCUT2D eigenvalue weighted by molar-refractivity contribution is 0.102. The molecule has 21 heavy (non-hydrogen) atoms. The second kappa shape index (κ2) is 6.39. The number of hydrogen-bond donors (Lipinski definition) is 2. The third-order valence-corrected chi connectivity index (χ3v) is 3.43. The summed E-state index contributed by atoms with van der Waals surface area (Å²) in [5.41, 5.74) is 1.03. The molecule has 0 radical (unpaired) electrons. The number of carbonyl (C=O) groups excluding carboxylic acids is 1. The number of nitrogens with one attached hydrogen (secondary N) is 2. The van der Waals surface area contributed by atoms with Gasteiger partial charge in [-0.05, 0) is 25.8 Å². The molecule has 112 valence electrons. The highest BCUT2D eigenvalue weighted by Gasteiger charge is 2.16. The molecule has 0 aliphatic carbocycles. The van der Waals surface area contributed by atoms with Crippen LogP contribution in [-0.2, 0) is 0 Å². The number of hydrogen-bond acceptors (Lipinski definition) is 3. The fourth-order valence-corrected chi connectivity index (χ4v) is 2.26. The van der Waals surface area contributed by atoms with Gasteiger partial charge in [0.1, 0.15) is 5.82 Å². The molecule has 2 aromatic heterocycles. The van der Waals surface area contributed by atoms with Gasteiger partial charge in [0.05, 0.1) is 17.3 Å². The van der Waals surface area contributed by atoms with E-state index in [1.807, 2.05) is 17.7 Å². The number of pyridine rings is 1. The molecule has 0 aliphatic heterocycles. The molecule has 2 heterocycles. The van der Waals surface area contributed by atoms with Gasteiger partial charge >= 0.3 is 0 Å². The van der Waals surface area contributed by atoms with Crippen LogP contribution in [0.1, 0.15) is 48.8 Å². The normalized spacial score (nSPS) is 10.9. The second-order valence-electron chi connectivity index (χ2n) is 4.98. The first-order valence-corrected chi connectivity index (χ1v) is 7.11. The van der Waals surface area contributed by atoms with E-state index < -0.39 is 0 Å². The maximum Gasteiger partial charge on any atom is 0.258 e. The number of anilines is 1. The summed E-state index contributed by atoms with van der Waals surface area (Å²) >= 11 is 0. The van der Waals surface area contributed by atoms with Crippen molar-refractivity contribution in [2.75, 3.05) is 5.32 Å². The van der Waals surface area contributed by atoms with E-state index in [4.69, 9.17) is 0 Å². The largest absolute Gasteiger partial charge is 0.328 e. The van der Waals surface area contributed by atoms with Crippen LogP contribution in [0.25, 0.3) is 0 Å². The van der Waals surface area contributed by atoms with Crippen LogP contribution in [0.4, 0.5) is 5.82 Å². The van der Waals surface area contributed by atoms with Crippen LogP contribution in [0.2, 0.25) is 0 Å². The average molecular weight is 288 g/mol. The van der Waals surface area contributed by atoms with Crippen molar-refractivity contribution in [2.45, 2.75) is 39.7 Å². The van der Waals surface area contributed by atoms with Gasteiger partial charge in [0, 0.05) is 18.3 Å². The molecular weight excluding hydrogens is 268 g/mol. The van der Waals surface area contributed by atoms with Crippen LogP contribution in [0.5, 0.6) is 0 Å². The molecule has 2 rings (SSSR count). The smallest absolute Gasteiger partial charge is 0.258 e. The molecule has 0 saturated carbocycles. The van der Waals surface area contributed by atoms with E-state index in [0.29, 0.717) is 11.4 Å². The predicted octanol–water partition coefficient (Wildman–Crippen LogP) is 2.49. The van der Waals surface area contributed by atoms with E-state index in [9.17, 15) is 9.59 Å². The molecule has 0 aromatic carbocycles. The van der Waals surface area contributed by atoms with Crippen LogP contribution in [0, 0.1) is 6.92 Å². The number of rotatable bonds is 5. The van der Waals surface area contributed by atoms with Crippen LogP contribution in [-0.4, -0.2) is 20.7 Å². The molecule has 0 atom stereocenters. The highest BCUT2D eigenvalue weighted by molar-refractivity contribution is 6.03. The van der Waals surface area contributed by atoms with Gasteiger partial charge in [-0.1, -0.05) is 13.8 Å². The molecule has 0 aliphatic rings. The minimum atomic E-state index is -0.265. The van der Waals surface area contributed by atoms with Crippen molar-refractivity contribution < 1.29 is 4.79 Å². The van der Waals surface area contributed by atoms with Crippen molar-refractivity contribution in [2.24, 2.45) is 0 Å². The summed E-state index contributed by atoms with van der Waals surface area (Å²) in [6.07, 6.45) is 3.29. The third kappa shape index (κ3) is 3.39. The van der Waals surface area contributed by atoms with E-state index in [1.165, 1.54) is 18.3 Å². The molecule has 6 heteroatoms. The topological polar surface area (TPSA) is 79.8 Å². The Labute approximate surface area is 123 Å². The molecule has 0 unspecified atom stereocenters. The molecule has 0 fully saturated rings. The summed E-state index contributed by atoms with van der Waals surface area (Å²) in [7, 11) is 0. The SMILES string of the molecule is CCC(CC)n1nc(C)cc1NC(=O)c1ccc(=O)[nH]c1. The Balaban J connectivity index is 2.25. The Morgan fingerprint density at radius 1 is 1.38 bits per heavy atom. The summed E-state index contributed by atoms with van der Waals surface area (Å²) < 4.78 is 1.86. The summed E-state index contributed by atoms with van der Waals surface area (Å²) in [5, 5.41) is 7.31. The maximum atomic E-state index is 12.2. The number of aromatic amines is 1. The average Bonchev–Trinajstić information content (AvgIpc) is 2.81. The highest BCUT2D eigenvalue weighted by atomic mass is 16.2. The van der Waals surface area contributed by atoms with E-state index in [0.717, 1.165) is 18.5 Å². The Kier molecular flexibility index (Phi) is 4.57. The van der Waals surface area contributed by atoms with E-state index in [1.54, 1.807) is 0 Å². The van der Waals surface area contributed by atoms with Crippen molar-refractivity contribution in [1.29, 1.82) is 0 Å². The lowest BCUT2D eigenvalue weighted by Gasteiger charge is -2.17. The first-order valence-electron chi connectivity index (χ1n) is 7.11. The van der Waals surface area contributed by atoms with Gasteiger partial charge in [0.15, 0.2) is 0 Å². The second-order valence-corrected chi connectivity index (χ2v) is 4.98. The zero-order valence-corrected chi connectivity index (χ0v) is 12.5. The van der Waals surface area contributed by atoms with Crippen LogP contribution >= 0.6 is 0 Å². The quantitative estimate of drug-likeness (QED) is 0.887. The maximum absolute atomic E-state index is 12.2. The van der Waals surface area contributed by atoms with E-state index in [2.05, 4.69) is 29.2 Å². The molecule has 0 spiro atoms. The predicted molar refractivity (Wildman–Crippen MR) is 81.6 cm³/mol. The van der Waals surface area contributed by atoms with Gasteiger partial charge < -0.3 is 10.3 Å². The standard InChI is InChI=1S/C15H20N4O2/c1-4-12(5-2)19-13(8-10(3)18-19)17-15(21)11-6-7-14(20)16-9-11/h6-9,12H,4-5H2,1-3H3,(H,16,20)(H,17,21). The number of aryl methyl sites for hydroxylation is 1. The fourth-order valence-electron chi connectivity index (χ4n) is 2.26. The Morgan fingerprint density at radius 3 is 2.67 bits per heavy atom. The summed E-state index contributed by atoms with van der Waals surface area (Å²) in [6, 6.07) is 4.93. The Bertz CT molecular complexity index is 663. The van der Waals surface area contributed by atoms with Gasteiger partial charge in [-0.15, -0.1) is 0 Å². The van der Waals surface area contributed by atoms with Crippen molar-refractivity contribution >= 4 is 11.7 Å². The number of nitrogens with zero attached hydrogens (tertiary/aromatic N) is 2. The monoisotopic (exact) mass is 288 g/mol. The molecule has 0 bridgehead atoms. The fraction of sp³-hybridized carbons (Fsp3) is 0.400. The van der Waals surface area contributed by atoms with Gasteiger partial charge in [-0.25, -0.2) is 4.68 Å². The first-order chi connectivity index (χ1) is 10.0. The lowest BCUT2D eigenvalue weighted by atomic mass is 10.2. The van der Waals surface area contributed by atoms with Gasteiger partial charge in [-0.2, -0.15) is 5.10 Å². The summed E-state index contributed by atoms with van der Waals surface area (Å²) in [5.74, 6) is 0.413. The number of amides is 1. The molecule has 1 amide bonds. The molecular formula is C15H20N4O2. The Hall–Kier alpha value is -2.37. The minimum absolute atomic E-state index is 0.232. The summed E-state index contributed by atoms with van der Waals surface area (Å²) in [6.45, 7) is 6.09. The molecule has 2 aromatic rings. The van der Waals surface area contributed by atoms with Crippen molar-refractivity contribution in [1.82, 2.24) is 14.8 Å². The van der Waals surface area contributed by atoms with Crippen molar-refractivity contribution in [3.8, 4) is 0 Å². The van der Waals surface area contributed by atoms with Crippen molar-refractivity contribution in [3.05, 3.63) is 46.0 Å². The molecule has 0 saturated heterocycles. The molecule has 2 N–H and O–H groups in total. The van der Waals surface area contributed by atoms with Gasteiger partial charge in [-0.3, -0.25) is 9.59 Å². The summed E-state index contributed by atoms with van der Waals surface area (Å²) in [4.78, 5) is 25.7. The lowest BCUT2D eigenvalue weighted by Crippen LogP contribution is -2.19. The zero-order valence-electron chi connectivity index (χ0n) is 12.5. The zero-order chi connectivity index (χ0) is 15.4. The number of H-pyrrole nitrogens is 1. The van der Waals surface area contributed by atoms with Crippen LogP contribution in [0.15, 0.2) is 29.2 Å². The number of aromatic nitrogens is 3. The van der Waals surface area contributed by atoms with E-state index >= 15 is 0 Å². The molecule has 6 nitrogen and oxygen atoms in total. The first kappa shape index (κ1) is 15.0. The van der Waals surface area contributed by atoms with E-state index in [-0.39, 0.29) is 17.5 Å². The third-order valence-electron chi connectivity index (χ3n) is 3.43. The van der Waals surface area contributed by atoms with Crippen LogP contribution < -0.4 is 10.9 Å².